The second-order valence-electron chi connectivity index (χ2n) is 5.53. The number of halogens is 1. The summed E-state index contributed by atoms with van der Waals surface area (Å²) in [4.78, 5) is 17.9. The fourth-order valence-electron chi connectivity index (χ4n) is 2.69. The van der Waals surface area contributed by atoms with Crippen LogP contribution in [0.2, 0.25) is 0 Å². The second kappa shape index (κ2) is 5.84. The number of carbonyl (C=O) groups is 1. The van der Waals surface area contributed by atoms with Crippen molar-refractivity contribution < 1.29 is 14.3 Å². The number of hydrogen-bond acceptors (Lipinski definition) is 4. The third kappa shape index (κ3) is 2.85. The Kier molecular flexibility index (Phi) is 3.89. The Labute approximate surface area is 127 Å². The van der Waals surface area contributed by atoms with Crippen molar-refractivity contribution in [1.82, 2.24) is 19.7 Å². The first kappa shape index (κ1) is 14.6. The summed E-state index contributed by atoms with van der Waals surface area (Å²) in [5.74, 6) is -0.239. The third-order valence-corrected chi connectivity index (χ3v) is 3.87. The van der Waals surface area contributed by atoms with Crippen LogP contribution in [0.1, 0.15) is 23.2 Å². The second-order valence-corrected chi connectivity index (χ2v) is 5.53. The fraction of sp³-hybridized carbons (Fsp3) is 0.400. The quantitative estimate of drug-likeness (QED) is 0.925. The van der Waals surface area contributed by atoms with Crippen molar-refractivity contribution in [2.45, 2.75) is 18.5 Å². The first-order valence-electron chi connectivity index (χ1n) is 7.15. The SMILES string of the molecule is O=C(c1cccc(-n2cncn2)c1)N1CCCC(F)(CO)C1. The number of aliphatic hydroxyl groups excluding tert-OH is 1. The van der Waals surface area contributed by atoms with Gasteiger partial charge in [-0.3, -0.25) is 4.79 Å². The van der Waals surface area contributed by atoms with Crippen molar-refractivity contribution in [2.75, 3.05) is 19.7 Å². The van der Waals surface area contributed by atoms with E-state index in [4.69, 9.17) is 5.11 Å². The zero-order chi connectivity index (χ0) is 15.6. The number of alkyl halides is 1. The van der Waals surface area contributed by atoms with E-state index in [-0.39, 0.29) is 18.9 Å². The summed E-state index contributed by atoms with van der Waals surface area (Å²) < 4.78 is 15.8. The van der Waals surface area contributed by atoms with Crippen LogP contribution in [0.4, 0.5) is 4.39 Å². The number of rotatable bonds is 3. The molecule has 3 rings (SSSR count). The van der Waals surface area contributed by atoms with E-state index in [0.29, 0.717) is 24.2 Å². The van der Waals surface area contributed by atoms with Crippen LogP contribution >= 0.6 is 0 Å². The van der Waals surface area contributed by atoms with Crippen LogP contribution in [-0.4, -0.2) is 56.0 Å². The van der Waals surface area contributed by atoms with Gasteiger partial charge in [0, 0.05) is 12.1 Å². The van der Waals surface area contributed by atoms with Crippen molar-refractivity contribution in [3.8, 4) is 5.69 Å². The monoisotopic (exact) mass is 304 g/mol. The number of amides is 1. The maximum absolute atomic E-state index is 14.3. The first-order valence-corrected chi connectivity index (χ1v) is 7.15. The van der Waals surface area contributed by atoms with E-state index in [1.807, 2.05) is 6.07 Å². The highest BCUT2D eigenvalue weighted by Crippen LogP contribution is 2.26. The lowest BCUT2D eigenvalue weighted by molar-refractivity contribution is 0.00174. The predicted molar refractivity (Wildman–Crippen MR) is 77.4 cm³/mol. The molecule has 116 valence electrons. The fourth-order valence-corrected chi connectivity index (χ4v) is 2.69. The molecule has 1 N–H and O–H groups in total. The summed E-state index contributed by atoms with van der Waals surface area (Å²) in [5.41, 5.74) is -0.513. The summed E-state index contributed by atoms with van der Waals surface area (Å²) in [5, 5.41) is 13.2. The summed E-state index contributed by atoms with van der Waals surface area (Å²) in [6, 6.07) is 6.96. The molecule has 1 aliphatic heterocycles. The zero-order valence-corrected chi connectivity index (χ0v) is 12.0. The van der Waals surface area contributed by atoms with Gasteiger partial charge in [0.2, 0.25) is 0 Å². The molecule has 0 aliphatic carbocycles. The van der Waals surface area contributed by atoms with Gasteiger partial charge in [-0.25, -0.2) is 14.1 Å². The van der Waals surface area contributed by atoms with E-state index >= 15 is 0 Å². The molecule has 1 saturated heterocycles. The van der Waals surface area contributed by atoms with Crippen LogP contribution in [0.15, 0.2) is 36.9 Å². The number of hydrogen-bond donors (Lipinski definition) is 1. The first-order chi connectivity index (χ1) is 10.6. The number of carbonyl (C=O) groups excluding carboxylic acids is 1. The average Bonchev–Trinajstić information content (AvgIpc) is 3.09. The largest absolute Gasteiger partial charge is 0.393 e. The Balaban J connectivity index is 1.82. The number of aliphatic hydroxyl groups is 1. The van der Waals surface area contributed by atoms with E-state index in [2.05, 4.69) is 10.1 Å². The number of piperidine rings is 1. The van der Waals surface area contributed by atoms with Gasteiger partial charge in [-0.1, -0.05) is 6.07 Å². The van der Waals surface area contributed by atoms with Crippen LogP contribution in [0.3, 0.4) is 0 Å². The highest BCUT2D eigenvalue weighted by atomic mass is 19.1. The van der Waals surface area contributed by atoms with Crippen molar-refractivity contribution >= 4 is 5.91 Å². The minimum absolute atomic E-state index is 0.0735. The van der Waals surface area contributed by atoms with E-state index < -0.39 is 12.3 Å². The Hall–Kier alpha value is -2.28. The van der Waals surface area contributed by atoms with Gasteiger partial charge in [0.15, 0.2) is 5.67 Å². The molecule has 1 aliphatic rings. The van der Waals surface area contributed by atoms with Gasteiger partial charge >= 0.3 is 0 Å². The zero-order valence-electron chi connectivity index (χ0n) is 12.0. The van der Waals surface area contributed by atoms with Gasteiger partial charge in [0.25, 0.3) is 5.91 Å². The smallest absolute Gasteiger partial charge is 0.254 e. The maximum Gasteiger partial charge on any atom is 0.254 e. The summed E-state index contributed by atoms with van der Waals surface area (Å²) in [6.45, 7) is -0.135. The van der Waals surface area contributed by atoms with Crippen LogP contribution in [0.5, 0.6) is 0 Å². The summed E-state index contributed by atoms with van der Waals surface area (Å²) >= 11 is 0. The molecule has 0 radical (unpaired) electrons. The molecule has 1 unspecified atom stereocenters. The lowest BCUT2D eigenvalue weighted by Crippen LogP contribution is -2.49. The van der Waals surface area contributed by atoms with Crippen molar-refractivity contribution in [3.05, 3.63) is 42.5 Å². The summed E-state index contributed by atoms with van der Waals surface area (Å²) in [6.07, 6.45) is 3.79. The molecule has 1 atom stereocenters. The van der Waals surface area contributed by atoms with Crippen LogP contribution < -0.4 is 0 Å². The molecule has 2 aromatic rings. The molecule has 7 heteroatoms. The standard InChI is InChI=1S/C15H17FN4O2/c16-15(9-21)5-2-6-19(8-15)14(22)12-3-1-4-13(7-12)20-11-17-10-18-20/h1,3-4,7,10-11,21H,2,5-6,8-9H2. The predicted octanol–water partition coefficient (Wildman–Crippen LogP) is 1.20. The van der Waals surface area contributed by atoms with Gasteiger partial charge in [-0.05, 0) is 31.0 Å². The molecule has 0 spiro atoms. The van der Waals surface area contributed by atoms with Gasteiger partial charge < -0.3 is 10.0 Å². The maximum atomic E-state index is 14.3. The Morgan fingerprint density at radius 3 is 3.05 bits per heavy atom. The molecule has 0 bridgehead atoms. The molecule has 1 aromatic carbocycles. The molecule has 6 nitrogen and oxygen atoms in total. The molecule has 1 amide bonds. The van der Waals surface area contributed by atoms with Gasteiger partial charge in [0.1, 0.15) is 12.7 Å². The van der Waals surface area contributed by atoms with Gasteiger partial charge in [-0.15, -0.1) is 0 Å². The van der Waals surface area contributed by atoms with E-state index in [1.165, 1.54) is 11.2 Å². The third-order valence-electron chi connectivity index (χ3n) is 3.87. The topological polar surface area (TPSA) is 71.2 Å². The van der Waals surface area contributed by atoms with Crippen molar-refractivity contribution in [1.29, 1.82) is 0 Å². The molecule has 1 fully saturated rings. The van der Waals surface area contributed by atoms with E-state index in [0.717, 1.165) is 0 Å². The Morgan fingerprint density at radius 2 is 2.32 bits per heavy atom. The van der Waals surface area contributed by atoms with E-state index in [1.54, 1.807) is 29.2 Å². The van der Waals surface area contributed by atoms with Crippen molar-refractivity contribution in [2.24, 2.45) is 0 Å². The minimum atomic E-state index is -1.70. The van der Waals surface area contributed by atoms with Gasteiger partial charge in [0.05, 0.1) is 18.8 Å². The Bertz CT molecular complexity index is 661. The highest BCUT2D eigenvalue weighted by Gasteiger charge is 2.36. The van der Waals surface area contributed by atoms with E-state index in [9.17, 15) is 9.18 Å². The normalized spacial score (nSPS) is 21.8. The van der Waals surface area contributed by atoms with Crippen molar-refractivity contribution in [3.63, 3.8) is 0 Å². The average molecular weight is 304 g/mol. The molecular formula is C15H17FN4O2. The van der Waals surface area contributed by atoms with Gasteiger partial charge in [-0.2, -0.15) is 5.10 Å². The molecule has 22 heavy (non-hydrogen) atoms. The number of aromatic nitrogens is 3. The molecule has 1 aromatic heterocycles. The van der Waals surface area contributed by atoms with Crippen LogP contribution in [0, 0.1) is 0 Å². The number of benzene rings is 1. The molecule has 2 heterocycles. The molecule has 0 saturated carbocycles. The van der Waals surface area contributed by atoms with Crippen LogP contribution in [0.25, 0.3) is 5.69 Å². The Morgan fingerprint density at radius 1 is 1.45 bits per heavy atom. The summed E-state index contributed by atoms with van der Waals surface area (Å²) in [7, 11) is 0. The lowest BCUT2D eigenvalue weighted by Gasteiger charge is -2.36. The number of nitrogens with zero attached hydrogens (tertiary/aromatic N) is 4. The molecular weight excluding hydrogens is 287 g/mol. The highest BCUT2D eigenvalue weighted by molar-refractivity contribution is 5.94. The van der Waals surface area contributed by atoms with Crippen LogP contribution in [-0.2, 0) is 0 Å². The minimum Gasteiger partial charge on any atom is -0.393 e. The number of likely N-dealkylation sites (tertiary alicyclic amines) is 1. The lowest BCUT2D eigenvalue weighted by atomic mass is 9.95.